The van der Waals surface area contributed by atoms with E-state index in [1.165, 1.54) is 0 Å². The second-order valence-corrected chi connectivity index (χ2v) is 3.84. The van der Waals surface area contributed by atoms with Gasteiger partial charge >= 0.3 is 11.9 Å². The van der Waals surface area contributed by atoms with E-state index in [0.717, 1.165) is 17.1 Å². The van der Waals surface area contributed by atoms with Crippen LogP contribution in [0.5, 0.6) is 0 Å². The van der Waals surface area contributed by atoms with Gasteiger partial charge in [0.05, 0.1) is 0 Å². The number of aliphatic carboxylic acids is 2. The van der Waals surface area contributed by atoms with Crippen LogP contribution >= 0.6 is 24.8 Å². The Morgan fingerprint density at radius 3 is 1.50 bits per heavy atom. The van der Waals surface area contributed by atoms with Gasteiger partial charge in [0.1, 0.15) is 16.4 Å². The van der Waals surface area contributed by atoms with Gasteiger partial charge in [0.2, 0.25) is 0 Å². The Morgan fingerprint density at radius 2 is 1.39 bits per heavy atom. The van der Waals surface area contributed by atoms with E-state index in [2.05, 4.69) is 25.8 Å². The predicted molar refractivity (Wildman–Crippen MR) is 76.7 cm³/mol. The highest BCUT2D eigenvalue weighted by molar-refractivity contribution is 8.10. The van der Waals surface area contributed by atoms with E-state index < -0.39 is 24.0 Å². The zero-order valence-electron chi connectivity index (χ0n) is 9.65. The molecule has 2 unspecified atom stereocenters. The van der Waals surface area contributed by atoms with E-state index in [1.54, 1.807) is 0 Å². The van der Waals surface area contributed by atoms with Gasteiger partial charge < -0.3 is 27.4 Å². The van der Waals surface area contributed by atoms with Crippen LogP contribution in [0.3, 0.4) is 0 Å². The molecule has 9 heteroatoms. The predicted octanol–water partition coefficient (Wildman–Crippen LogP) is 1.11. The minimum Gasteiger partial charge on any atom is -0.479 e. The van der Waals surface area contributed by atoms with Crippen LogP contribution in [0.1, 0.15) is 0 Å². The topological polar surface area (TPSA) is 148 Å². The molecule has 8 N–H and O–H groups in total. The van der Waals surface area contributed by atoms with Crippen LogP contribution in [-0.4, -0.2) is 43.5 Å². The second-order valence-electron chi connectivity index (χ2n) is 2.73. The SMILES string of the molecule is C=CC(C(=O)O)N(C(=S)S)C(C=C)C(=O)O.N.N. The summed E-state index contributed by atoms with van der Waals surface area (Å²) in [5, 5.41) is 17.8. The summed E-state index contributed by atoms with van der Waals surface area (Å²) in [6.07, 6.45) is 2.15. The molecule has 0 rings (SSSR count). The van der Waals surface area contributed by atoms with E-state index >= 15 is 0 Å². The maximum absolute atomic E-state index is 10.9. The Morgan fingerprint density at radius 1 is 1.11 bits per heavy atom. The molecule has 0 saturated carbocycles. The van der Waals surface area contributed by atoms with Crippen LogP contribution in [0.2, 0.25) is 0 Å². The number of thiocarbonyl (C=S) groups is 1. The molecule has 0 amide bonds. The highest BCUT2D eigenvalue weighted by Crippen LogP contribution is 2.13. The van der Waals surface area contributed by atoms with E-state index in [-0.39, 0.29) is 16.6 Å². The van der Waals surface area contributed by atoms with Crippen molar-refractivity contribution in [3.05, 3.63) is 25.3 Å². The lowest BCUT2D eigenvalue weighted by Crippen LogP contribution is -2.50. The summed E-state index contributed by atoms with van der Waals surface area (Å²) in [5.41, 5.74) is 0. The van der Waals surface area contributed by atoms with E-state index in [4.69, 9.17) is 22.4 Å². The molecule has 0 aromatic carbocycles. The van der Waals surface area contributed by atoms with Crippen molar-refractivity contribution >= 4 is 41.1 Å². The number of hydrogen-bond acceptors (Lipinski definition) is 5. The average Bonchev–Trinajstić information content (AvgIpc) is 2.16. The lowest BCUT2D eigenvalue weighted by molar-refractivity contribution is -0.144. The molecule has 0 bridgehead atoms. The molecule has 0 aromatic heterocycles. The first-order chi connectivity index (χ1) is 7.36. The molecule has 18 heavy (non-hydrogen) atoms. The lowest BCUT2D eigenvalue weighted by atomic mass is 10.2. The summed E-state index contributed by atoms with van der Waals surface area (Å²) in [7, 11) is 0. The minimum absolute atomic E-state index is 0. The largest absolute Gasteiger partial charge is 0.479 e. The van der Waals surface area contributed by atoms with Crippen molar-refractivity contribution in [2.45, 2.75) is 12.1 Å². The number of nitrogens with zero attached hydrogens (tertiary/aromatic N) is 1. The summed E-state index contributed by atoms with van der Waals surface area (Å²) in [4.78, 5) is 22.7. The Bertz CT molecular complexity index is 323. The van der Waals surface area contributed by atoms with Crippen molar-refractivity contribution < 1.29 is 19.8 Å². The molecule has 0 saturated heterocycles. The van der Waals surface area contributed by atoms with Crippen molar-refractivity contribution in [3.63, 3.8) is 0 Å². The Hall–Kier alpha value is -1.42. The highest BCUT2D eigenvalue weighted by atomic mass is 32.1. The molecular formula is C9H17N3O4S2. The standard InChI is InChI=1S/C9H11NO4S2.2H3N/c1-3-5(7(11)12)10(9(15)16)6(4-2)8(13)14;;/h3-6H,1-2H2,(H,11,12)(H,13,14)(H,15,16);2*1H3. The third-order valence-electron chi connectivity index (χ3n) is 1.77. The quantitative estimate of drug-likeness (QED) is 0.278. The van der Waals surface area contributed by atoms with Gasteiger partial charge in [0.15, 0.2) is 0 Å². The number of rotatable bonds is 6. The van der Waals surface area contributed by atoms with Crippen molar-refractivity contribution in [2.75, 3.05) is 0 Å². The molecule has 0 spiro atoms. The number of thiol groups is 1. The van der Waals surface area contributed by atoms with Crippen molar-refractivity contribution in [1.82, 2.24) is 17.2 Å². The number of carbonyl (C=O) groups is 2. The van der Waals surface area contributed by atoms with Crippen molar-refractivity contribution in [3.8, 4) is 0 Å². The first-order valence-electron chi connectivity index (χ1n) is 4.08. The van der Waals surface area contributed by atoms with Gasteiger partial charge in [-0.15, -0.1) is 25.8 Å². The van der Waals surface area contributed by atoms with Crippen LogP contribution in [0.15, 0.2) is 25.3 Å². The van der Waals surface area contributed by atoms with Gasteiger partial charge in [-0.25, -0.2) is 9.59 Å². The van der Waals surface area contributed by atoms with Crippen molar-refractivity contribution in [2.24, 2.45) is 0 Å². The molecule has 0 aliphatic carbocycles. The molecule has 104 valence electrons. The monoisotopic (exact) mass is 295 g/mol. The number of carboxylic acids is 2. The van der Waals surface area contributed by atoms with Gasteiger partial charge in [0, 0.05) is 0 Å². The number of hydrogen-bond donors (Lipinski definition) is 5. The molecule has 0 heterocycles. The van der Waals surface area contributed by atoms with Crippen LogP contribution in [0, 0.1) is 0 Å². The second kappa shape index (κ2) is 9.59. The zero-order valence-corrected chi connectivity index (χ0v) is 11.4. The molecule has 0 radical (unpaired) electrons. The Kier molecular flexibility index (Phi) is 11.6. The molecule has 0 fully saturated rings. The smallest absolute Gasteiger partial charge is 0.330 e. The number of carboxylic acid groups (broad SMARTS) is 2. The van der Waals surface area contributed by atoms with Gasteiger partial charge in [-0.1, -0.05) is 24.4 Å². The van der Waals surface area contributed by atoms with Gasteiger partial charge in [-0.3, -0.25) is 0 Å². The molecule has 2 atom stereocenters. The highest BCUT2D eigenvalue weighted by Gasteiger charge is 2.32. The van der Waals surface area contributed by atoms with E-state index in [1.807, 2.05) is 0 Å². The molecule has 7 nitrogen and oxygen atoms in total. The average molecular weight is 295 g/mol. The Labute approximate surface area is 116 Å². The molecule has 0 aliphatic rings. The fraction of sp³-hybridized carbons (Fsp3) is 0.222. The first-order valence-corrected chi connectivity index (χ1v) is 4.94. The first kappa shape index (κ1) is 21.8. The van der Waals surface area contributed by atoms with Gasteiger partial charge in [-0.2, -0.15) is 0 Å². The molecule has 0 aliphatic heterocycles. The van der Waals surface area contributed by atoms with Crippen LogP contribution < -0.4 is 12.3 Å². The van der Waals surface area contributed by atoms with E-state index in [0.29, 0.717) is 0 Å². The summed E-state index contributed by atoms with van der Waals surface area (Å²) in [5.74, 6) is -2.53. The lowest BCUT2D eigenvalue weighted by Gasteiger charge is -2.30. The summed E-state index contributed by atoms with van der Waals surface area (Å²) >= 11 is 8.51. The van der Waals surface area contributed by atoms with Gasteiger partial charge in [0.25, 0.3) is 0 Å². The molecular weight excluding hydrogens is 278 g/mol. The zero-order chi connectivity index (χ0) is 12.9. The fourth-order valence-corrected chi connectivity index (χ4v) is 1.55. The van der Waals surface area contributed by atoms with E-state index in [9.17, 15) is 9.59 Å². The summed E-state index contributed by atoms with van der Waals surface area (Å²) in [6, 6.07) is -2.52. The van der Waals surface area contributed by atoms with Gasteiger partial charge in [-0.05, 0) is 0 Å². The minimum atomic E-state index is -1.26. The third-order valence-corrected chi connectivity index (χ3v) is 2.21. The van der Waals surface area contributed by atoms with Crippen LogP contribution in [-0.2, 0) is 9.59 Å². The van der Waals surface area contributed by atoms with Crippen molar-refractivity contribution in [1.29, 1.82) is 0 Å². The summed E-state index contributed by atoms with van der Waals surface area (Å²) in [6.45, 7) is 6.64. The van der Waals surface area contributed by atoms with Crippen LogP contribution in [0.25, 0.3) is 0 Å². The summed E-state index contributed by atoms with van der Waals surface area (Å²) < 4.78 is -0.153. The normalized spacial score (nSPS) is 11.8. The third kappa shape index (κ3) is 5.27. The Balaban J connectivity index is -0.00000112. The fourth-order valence-electron chi connectivity index (χ4n) is 1.08. The molecule has 0 aromatic rings. The van der Waals surface area contributed by atoms with Crippen LogP contribution in [0.4, 0.5) is 0 Å². The maximum Gasteiger partial charge on any atom is 0.330 e. The maximum atomic E-state index is 10.9.